The fourth-order valence-corrected chi connectivity index (χ4v) is 6.09. The van der Waals surface area contributed by atoms with Gasteiger partial charge >= 0.3 is 0 Å². The van der Waals surface area contributed by atoms with Crippen LogP contribution in [-0.4, -0.2) is 5.25 Å². The summed E-state index contributed by atoms with van der Waals surface area (Å²) in [6, 6.07) is 18.9. The van der Waals surface area contributed by atoms with Crippen molar-refractivity contribution in [2.24, 2.45) is 11.8 Å². The summed E-state index contributed by atoms with van der Waals surface area (Å²) in [5.74, 6) is 3.69. The van der Waals surface area contributed by atoms with E-state index in [4.69, 9.17) is 0 Å². The van der Waals surface area contributed by atoms with Gasteiger partial charge in [-0.1, -0.05) is 48.5 Å². The van der Waals surface area contributed by atoms with Crippen LogP contribution in [0.5, 0.6) is 0 Å². The quantitative estimate of drug-likeness (QED) is 0.502. The lowest BCUT2D eigenvalue weighted by Gasteiger charge is -2.29. The van der Waals surface area contributed by atoms with Gasteiger partial charge in [-0.2, -0.15) is 12.6 Å². The molecule has 0 spiro atoms. The van der Waals surface area contributed by atoms with Gasteiger partial charge < -0.3 is 0 Å². The van der Waals surface area contributed by atoms with Gasteiger partial charge in [0.05, 0.1) is 0 Å². The number of thiol groups is 1. The smallest absolute Gasteiger partial charge is 0.00172 e. The molecule has 28 heavy (non-hydrogen) atoms. The second-order valence-corrected chi connectivity index (χ2v) is 10.4. The molecule has 3 fully saturated rings. The SMILES string of the molecule is SC1CCC(c2ccc(-c3ccc(C4CCC(C5CC5)CC4)cc3)cc2)CC1. The molecular formula is C27H34S. The van der Waals surface area contributed by atoms with Crippen molar-refractivity contribution >= 4 is 12.6 Å². The highest BCUT2D eigenvalue weighted by Gasteiger charge is 2.34. The molecule has 0 radical (unpaired) electrons. The van der Waals surface area contributed by atoms with E-state index in [0.717, 1.165) is 23.7 Å². The highest BCUT2D eigenvalue weighted by Crippen LogP contribution is 2.47. The van der Waals surface area contributed by atoms with Crippen molar-refractivity contribution in [3.8, 4) is 11.1 Å². The van der Waals surface area contributed by atoms with E-state index < -0.39 is 0 Å². The molecule has 0 atom stereocenters. The molecule has 0 unspecified atom stereocenters. The van der Waals surface area contributed by atoms with Gasteiger partial charge in [0.15, 0.2) is 0 Å². The average molecular weight is 391 g/mol. The molecule has 3 aliphatic carbocycles. The van der Waals surface area contributed by atoms with Crippen LogP contribution in [0, 0.1) is 11.8 Å². The number of benzene rings is 2. The Morgan fingerprint density at radius 1 is 0.464 bits per heavy atom. The largest absolute Gasteiger partial charge is 0.176 e. The molecule has 0 bridgehead atoms. The molecule has 3 aliphatic rings. The molecule has 1 heteroatoms. The van der Waals surface area contributed by atoms with Gasteiger partial charge in [-0.15, -0.1) is 0 Å². The summed E-state index contributed by atoms with van der Waals surface area (Å²) in [4.78, 5) is 0. The van der Waals surface area contributed by atoms with E-state index in [1.807, 2.05) is 0 Å². The van der Waals surface area contributed by atoms with E-state index in [1.54, 1.807) is 5.56 Å². The van der Waals surface area contributed by atoms with Crippen molar-refractivity contribution in [3.05, 3.63) is 59.7 Å². The first-order chi connectivity index (χ1) is 13.8. The molecule has 0 heterocycles. The van der Waals surface area contributed by atoms with Gasteiger partial charge in [0.1, 0.15) is 0 Å². The zero-order chi connectivity index (χ0) is 18.9. The van der Waals surface area contributed by atoms with Gasteiger partial charge in [-0.3, -0.25) is 0 Å². The molecule has 5 rings (SSSR count). The van der Waals surface area contributed by atoms with Crippen molar-refractivity contribution in [2.75, 3.05) is 0 Å². The average Bonchev–Trinajstić information content (AvgIpc) is 3.60. The summed E-state index contributed by atoms with van der Waals surface area (Å²) in [7, 11) is 0. The molecule has 0 aromatic heterocycles. The summed E-state index contributed by atoms with van der Waals surface area (Å²) in [5.41, 5.74) is 5.81. The molecular weight excluding hydrogens is 356 g/mol. The highest BCUT2D eigenvalue weighted by atomic mass is 32.1. The van der Waals surface area contributed by atoms with Crippen LogP contribution in [0.2, 0.25) is 0 Å². The molecule has 0 N–H and O–H groups in total. The first-order valence-electron chi connectivity index (χ1n) is 11.6. The Kier molecular flexibility index (Phi) is 5.55. The monoisotopic (exact) mass is 390 g/mol. The Hall–Kier alpha value is -1.21. The zero-order valence-electron chi connectivity index (χ0n) is 17.0. The van der Waals surface area contributed by atoms with Crippen LogP contribution in [0.3, 0.4) is 0 Å². The lowest BCUT2D eigenvalue weighted by Crippen LogP contribution is -2.14. The highest BCUT2D eigenvalue weighted by molar-refractivity contribution is 7.80. The summed E-state index contributed by atoms with van der Waals surface area (Å²) < 4.78 is 0. The van der Waals surface area contributed by atoms with Crippen LogP contribution in [0.15, 0.2) is 48.5 Å². The van der Waals surface area contributed by atoms with E-state index in [2.05, 4.69) is 61.2 Å². The van der Waals surface area contributed by atoms with Crippen LogP contribution >= 0.6 is 12.6 Å². The third kappa shape index (κ3) is 4.20. The van der Waals surface area contributed by atoms with Crippen molar-refractivity contribution < 1.29 is 0 Å². The van der Waals surface area contributed by atoms with Crippen molar-refractivity contribution in [1.82, 2.24) is 0 Å². The van der Waals surface area contributed by atoms with E-state index in [1.165, 1.54) is 80.9 Å². The lowest BCUT2D eigenvalue weighted by molar-refractivity contribution is 0.296. The first kappa shape index (κ1) is 18.8. The maximum Gasteiger partial charge on any atom is 0.00172 e. The van der Waals surface area contributed by atoms with Crippen LogP contribution in [0.25, 0.3) is 11.1 Å². The Bertz CT molecular complexity index is 755. The fraction of sp³-hybridized carbons (Fsp3) is 0.556. The minimum absolute atomic E-state index is 0.623. The van der Waals surface area contributed by atoms with Crippen LogP contribution in [0.4, 0.5) is 0 Å². The maximum atomic E-state index is 4.64. The maximum absolute atomic E-state index is 4.64. The molecule has 2 aromatic rings. The van der Waals surface area contributed by atoms with E-state index in [-0.39, 0.29) is 0 Å². The molecule has 3 saturated carbocycles. The van der Waals surface area contributed by atoms with Crippen molar-refractivity contribution in [1.29, 1.82) is 0 Å². The third-order valence-electron chi connectivity index (χ3n) is 7.85. The standard InChI is InChI=1S/C27H34S/c28-27-17-15-26(16-18-27)25-13-11-24(12-14-25)23-9-7-22(8-10-23)21-5-3-20(4-6-21)19-1-2-19/h7-14,19-21,26-28H,1-6,15-18H2. The number of hydrogen-bond acceptors (Lipinski definition) is 1. The van der Waals surface area contributed by atoms with Crippen molar-refractivity contribution in [3.63, 3.8) is 0 Å². The predicted molar refractivity (Wildman–Crippen MR) is 123 cm³/mol. The van der Waals surface area contributed by atoms with Gasteiger partial charge in [0.25, 0.3) is 0 Å². The molecule has 0 amide bonds. The predicted octanol–water partition coefficient (Wildman–Crippen LogP) is 7.99. The minimum Gasteiger partial charge on any atom is -0.176 e. The third-order valence-corrected chi connectivity index (χ3v) is 8.37. The lowest BCUT2D eigenvalue weighted by atomic mass is 9.77. The van der Waals surface area contributed by atoms with Gasteiger partial charge in [-0.25, -0.2) is 0 Å². The van der Waals surface area contributed by atoms with Gasteiger partial charge in [0.2, 0.25) is 0 Å². The minimum atomic E-state index is 0.623. The topological polar surface area (TPSA) is 0 Å². The summed E-state index contributed by atoms with van der Waals surface area (Å²) >= 11 is 4.64. The Labute approximate surface area is 176 Å². The first-order valence-corrected chi connectivity index (χ1v) is 12.2. The van der Waals surface area contributed by atoms with Crippen LogP contribution in [0.1, 0.15) is 87.2 Å². The molecule has 0 nitrogen and oxygen atoms in total. The normalized spacial score (nSPS) is 30.9. The molecule has 0 saturated heterocycles. The second-order valence-electron chi connectivity index (χ2n) is 9.70. The zero-order valence-corrected chi connectivity index (χ0v) is 17.9. The number of hydrogen-bond donors (Lipinski definition) is 1. The van der Waals surface area contributed by atoms with E-state index in [0.29, 0.717) is 5.25 Å². The molecule has 2 aromatic carbocycles. The second kappa shape index (κ2) is 8.27. The van der Waals surface area contributed by atoms with Crippen LogP contribution < -0.4 is 0 Å². The van der Waals surface area contributed by atoms with Crippen LogP contribution in [-0.2, 0) is 0 Å². The number of rotatable bonds is 4. The van der Waals surface area contributed by atoms with Gasteiger partial charge in [-0.05, 0) is 110 Å². The van der Waals surface area contributed by atoms with Gasteiger partial charge in [0, 0.05) is 5.25 Å². The fourth-order valence-electron chi connectivity index (χ4n) is 5.80. The van der Waals surface area contributed by atoms with Crippen molar-refractivity contribution in [2.45, 2.75) is 81.3 Å². The molecule has 148 valence electrons. The summed E-state index contributed by atoms with van der Waals surface area (Å²) in [6.07, 6.45) is 13.9. The van der Waals surface area contributed by atoms with E-state index in [9.17, 15) is 0 Å². The summed E-state index contributed by atoms with van der Waals surface area (Å²) in [5, 5.41) is 0.623. The Balaban J connectivity index is 1.22. The molecule has 0 aliphatic heterocycles. The Morgan fingerprint density at radius 3 is 1.21 bits per heavy atom. The summed E-state index contributed by atoms with van der Waals surface area (Å²) in [6.45, 7) is 0. The van der Waals surface area contributed by atoms with E-state index >= 15 is 0 Å². The Morgan fingerprint density at radius 2 is 0.821 bits per heavy atom.